The number of carbonyl (C=O) groups excluding carboxylic acids is 1. The van der Waals surface area contributed by atoms with E-state index in [2.05, 4.69) is 20.5 Å². The predicted molar refractivity (Wildman–Crippen MR) is 60.5 cm³/mol. The molecule has 1 amide bonds. The van der Waals surface area contributed by atoms with Crippen LogP contribution in [0, 0.1) is 0 Å². The van der Waals surface area contributed by atoms with Crippen LogP contribution in [0.2, 0.25) is 0 Å². The summed E-state index contributed by atoms with van der Waals surface area (Å²) in [4.78, 5) is 15.8. The van der Waals surface area contributed by atoms with E-state index in [1.54, 1.807) is 24.7 Å². The molecule has 6 heteroatoms. The standard InChI is InChI=1S/C11H12N4O2/c1-17-10-7-12-3-2-9(10)11(16)13-4-8-5-14-15-6-8/h2-3,5-7H,4H2,1H3,(H,13,16)(H,14,15). The average molecular weight is 232 g/mol. The number of amides is 1. The van der Waals surface area contributed by atoms with Crippen LogP contribution in [-0.4, -0.2) is 28.2 Å². The molecule has 0 atom stereocenters. The van der Waals surface area contributed by atoms with E-state index in [-0.39, 0.29) is 5.91 Å². The summed E-state index contributed by atoms with van der Waals surface area (Å²) in [6.07, 6.45) is 6.44. The molecule has 0 aliphatic rings. The van der Waals surface area contributed by atoms with Gasteiger partial charge in [0, 0.05) is 24.5 Å². The summed E-state index contributed by atoms with van der Waals surface area (Å²) in [5.41, 5.74) is 1.37. The highest BCUT2D eigenvalue weighted by Gasteiger charge is 2.11. The van der Waals surface area contributed by atoms with E-state index in [1.807, 2.05) is 0 Å². The summed E-state index contributed by atoms with van der Waals surface area (Å²) in [5, 5.41) is 9.24. The van der Waals surface area contributed by atoms with Crippen molar-refractivity contribution >= 4 is 5.91 Å². The molecule has 0 unspecified atom stereocenters. The Bertz CT molecular complexity index is 496. The normalized spacial score (nSPS) is 9.94. The third kappa shape index (κ3) is 2.60. The molecule has 0 saturated heterocycles. The van der Waals surface area contributed by atoms with Gasteiger partial charge in [0.1, 0.15) is 5.75 Å². The van der Waals surface area contributed by atoms with Crippen LogP contribution in [0.1, 0.15) is 15.9 Å². The summed E-state index contributed by atoms with van der Waals surface area (Å²) < 4.78 is 5.06. The molecule has 2 heterocycles. The first-order valence-electron chi connectivity index (χ1n) is 5.05. The van der Waals surface area contributed by atoms with Crippen LogP contribution in [0.5, 0.6) is 5.75 Å². The van der Waals surface area contributed by atoms with E-state index in [1.165, 1.54) is 13.3 Å². The number of nitrogens with zero attached hydrogens (tertiary/aromatic N) is 2. The first-order valence-corrected chi connectivity index (χ1v) is 5.05. The second kappa shape index (κ2) is 5.11. The Kier molecular flexibility index (Phi) is 3.34. The molecule has 6 nitrogen and oxygen atoms in total. The molecule has 0 aliphatic carbocycles. The van der Waals surface area contributed by atoms with Crippen LogP contribution in [-0.2, 0) is 6.54 Å². The van der Waals surface area contributed by atoms with Crippen LogP contribution in [0.4, 0.5) is 0 Å². The summed E-state index contributed by atoms with van der Waals surface area (Å²) in [6, 6.07) is 1.61. The third-order valence-electron chi connectivity index (χ3n) is 2.26. The second-order valence-corrected chi connectivity index (χ2v) is 3.37. The summed E-state index contributed by atoms with van der Waals surface area (Å²) in [5.74, 6) is 0.252. The Labute approximate surface area is 98.0 Å². The van der Waals surface area contributed by atoms with E-state index >= 15 is 0 Å². The van der Waals surface area contributed by atoms with Crippen LogP contribution in [0.3, 0.4) is 0 Å². The molecule has 0 radical (unpaired) electrons. The van der Waals surface area contributed by atoms with E-state index in [9.17, 15) is 4.79 Å². The number of carbonyl (C=O) groups is 1. The molecular weight excluding hydrogens is 220 g/mol. The predicted octanol–water partition coefficient (Wildman–Crippen LogP) is 0.743. The van der Waals surface area contributed by atoms with Crippen molar-refractivity contribution in [3.8, 4) is 5.75 Å². The van der Waals surface area contributed by atoms with Gasteiger partial charge in [-0.25, -0.2) is 0 Å². The monoisotopic (exact) mass is 232 g/mol. The molecule has 0 bridgehead atoms. The lowest BCUT2D eigenvalue weighted by Crippen LogP contribution is -2.23. The number of aromatic nitrogens is 3. The Morgan fingerprint density at radius 3 is 3.12 bits per heavy atom. The van der Waals surface area contributed by atoms with Crippen LogP contribution in [0.15, 0.2) is 30.9 Å². The van der Waals surface area contributed by atoms with Crippen molar-refractivity contribution < 1.29 is 9.53 Å². The van der Waals surface area contributed by atoms with Crippen molar-refractivity contribution in [2.45, 2.75) is 6.54 Å². The number of rotatable bonds is 4. The summed E-state index contributed by atoms with van der Waals surface area (Å²) in [6.45, 7) is 0.417. The van der Waals surface area contributed by atoms with Crippen molar-refractivity contribution in [3.05, 3.63) is 42.0 Å². The minimum absolute atomic E-state index is 0.203. The average Bonchev–Trinajstić information content (AvgIpc) is 2.89. The van der Waals surface area contributed by atoms with E-state index in [0.717, 1.165) is 5.56 Å². The molecule has 2 N–H and O–H groups in total. The number of hydrogen-bond acceptors (Lipinski definition) is 4. The fraction of sp³-hybridized carbons (Fsp3) is 0.182. The van der Waals surface area contributed by atoms with Crippen LogP contribution >= 0.6 is 0 Å². The van der Waals surface area contributed by atoms with Crippen LogP contribution in [0.25, 0.3) is 0 Å². The topological polar surface area (TPSA) is 79.9 Å². The molecule has 0 fully saturated rings. The number of H-pyrrole nitrogens is 1. The fourth-order valence-corrected chi connectivity index (χ4v) is 1.38. The van der Waals surface area contributed by atoms with E-state index in [0.29, 0.717) is 17.9 Å². The SMILES string of the molecule is COc1cnccc1C(=O)NCc1cn[nH]c1. The minimum atomic E-state index is -0.203. The first kappa shape index (κ1) is 11.1. The second-order valence-electron chi connectivity index (χ2n) is 3.37. The Morgan fingerprint density at radius 2 is 2.41 bits per heavy atom. The number of pyridine rings is 1. The molecule has 0 aromatic carbocycles. The van der Waals surface area contributed by atoms with Gasteiger partial charge in [-0.2, -0.15) is 5.10 Å². The number of methoxy groups -OCH3 is 1. The highest BCUT2D eigenvalue weighted by molar-refractivity contribution is 5.96. The molecule has 2 rings (SSSR count). The highest BCUT2D eigenvalue weighted by Crippen LogP contribution is 2.15. The van der Waals surface area contributed by atoms with Crippen molar-refractivity contribution in [2.24, 2.45) is 0 Å². The number of nitrogens with one attached hydrogen (secondary N) is 2. The van der Waals surface area contributed by atoms with Crippen LogP contribution < -0.4 is 10.1 Å². The number of hydrogen-bond donors (Lipinski definition) is 2. The Balaban J connectivity index is 2.04. The van der Waals surface area contributed by atoms with Gasteiger partial charge < -0.3 is 10.1 Å². The number of aromatic amines is 1. The fourth-order valence-electron chi connectivity index (χ4n) is 1.38. The lowest BCUT2D eigenvalue weighted by molar-refractivity contribution is 0.0947. The maximum absolute atomic E-state index is 11.9. The van der Waals surface area contributed by atoms with Crippen molar-refractivity contribution in [2.75, 3.05) is 7.11 Å². The Morgan fingerprint density at radius 1 is 1.53 bits per heavy atom. The summed E-state index contributed by atoms with van der Waals surface area (Å²) in [7, 11) is 1.50. The molecule has 2 aromatic heterocycles. The van der Waals surface area contributed by atoms with Gasteiger partial charge in [-0.05, 0) is 6.07 Å². The minimum Gasteiger partial charge on any atom is -0.494 e. The lowest BCUT2D eigenvalue weighted by atomic mass is 10.2. The maximum Gasteiger partial charge on any atom is 0.255 e. The molecular formula is C11H12N4O2. The van der Waals surface area contributed by atoms with Gasteiger partial charge in [-0.1, -0.05) is 0 Å². The molecule has 2 aromatic rings. The molecule has 0 saturated carbocycles. The van der Waals surface area contributed by atoms with Gasteiger partial charge >= 0.3 is 0 Å². The zero-order valence-corrected chi connectivity index (χ0v) is 9.30. The van der Waals surface area contributed by atoms with E-state index in [4.69, 9.17) is 4.74 Å². The summed E-state index contributed by atoms with van der Waals surface area (Å²) >= 11 is 0. The third-order valence-corrected chi connectivity index (χ3v) is 2.26. The van der Waals surface area contributed by atoms with Gasteiger partial charge in [-0.15, -0.1) is 0 Å². The van der Waals surface area contributed by atoms with Gasteiger partial charge in [0.2, 0.25) is 0 Å². The van der Waals surface area contributed by atoms with Crippen molar-refractivity contribution in [1.29, 1.82) is 0 Å². The van der Waals surface area contributed by atoms with Crippen molar-refractivity contribution in [1.82, 2.24) is 20.5 Å². The molecule has 17 heavy (non-hydrogen) atoms. The van der Waals surface area contributed by atoms with Gasteiger partial charge in [0.15, 0.2) is 0 Å². The zero-order valence-electron chi connectivity index (χ0n) is 9.30. The highest BCUT2D eigenvalue weighted by atomic mass is 16.5. The van der Waals surface area contributed by atoms with Gasteiger partial charge in [-0.3, -0.25) is 14.9 Å². The van der Waals surface area contributed by atoms with Gasteiger partial charge in [0.05, 0.1) is 25.1 Å². The molecule has 0 aliphatic heterocycles. The van der Waals surface area contributed by atoms with E-state index < -0.39 is 0 Å². The lowest BCUT2D eigenvalue weighted by Gasteiger charge is -2.07. The quantitative estimate of drug-likeness (QED) is 0.815. The van der Waals surface area contributed by atoms with Crippen molar-refractivity contribution in [3.63, 3.8) is 0 Å². The largest absolute Gasteiger partial charge is 0.494 e. The number of ether oxygens (including phenoxy) is 1. The smallest absolute Gasteiger partial charge is 0.255 e. The first-order chi connectivity index (χ1) is 8.31. The molecule has 88 valence electrons. The maximum atomic E-state index is 11.9. The zero-order chi connectivity index (χ0) is 12.1. The Hall–Kier alpha value is -2.37. The van der Waals surface area contributed by atoms with Gasteiger partial charge in [0.25, 0.3) is 5.91 Å². The molecule has 0 spiro atoms.